The third kappa shape index (κ3) is 4.32. The van der Waals surface area contributed by atoms with Crippen LogP contribution in [-0.2, 0) is 14.8 Å². The van der Waals surface area contributed by atoms with Crippen LogP contribution >= 0.6 is 0 Å². The second-order valence-corrected chi connectivity index (χ2v) is 9.24. The predicted molar refractivity (Wildman–Crippen MR) is 99.5 cm³/mol. The van der Waals surface area contributed by atoms with Crippen LogP contribution in [0.2, 0.25) is 0 Å². The van der Waals surface area contributed by atoms with Crippen molar-refractivity contribution in [3.05, 3.63) is 29.8 Å². The van der Waals surface area contributed by atoms with Crippen molar-refractivity contribution in [1.82, 2.24) is 9.21 Å². The minimum atomic E-state index is -3.69. The van der Waals surface area contributed by atoms with Gasteiger partial charge in [0.25, 0.3) is 5.91 Å². The maximum atomic E-state index is 13.0. The first kappa shape index (κ1) is 19.8. The number of morpholine rings is 1. The van der Waals surface area contributed by atoms with Gasteiger partial charge in [-0.15, -0.1) is 0 Å². The van der Waals surface area contributed by atoms with Crippen molar-refractivity contribution in [2.24, 2.45) is 5.92 Å². The number of hydrogen-bond donors (Lipinski definition) is 0. The molecule has 2 aliphatic rings. The van der Waals surface area contributed by atoms with E-state index in [1.54, 1.807) is 17.0 Å². The van der Waals surface area contributed by atoms with Crippen LogP contribution < -0.4 is 0 Å². The number of carbonyl (C=O) groups excluding carboxylic acids is 1. The highest BCUT2D eigenvalue weighted by atomic mass is 32.2. The molecule has 2 unspecified atom stereocenters. The van der Waals surface area contributed by atoms with Gasteiger partial charge >= 0.3 is 0 Å². The van der Waals surface area contributed by atoms with Crippen molar-refractivity contribution in [3.63, 3.8) is 0 Å². The van der Waals surface area contributed by atoms with Crippen molar-refractivity contribution in [3.8, 4) is 6.07 Å². The van der Waals surface area contributed by atoms with Gasteiger partial charge in [-0.3, -0.25) is 4.79 Å². The third-order valence-electron chi connectivity index (χ3n) is 5.07. The topological polar surface area (TPSA) is 90.7 Å². The molecule has 0 saturated carbocycles. The first-order chi connectivity index (χ1) is 12.8. The smallest absolute Gasteiger partial charge is 0.253 e. The van der Waals surface area contributed by atoms with E-state index in [0.29, 0.717) is 44.6 Å². The molecule has 27 heavy (non-hydrogen) atoms. The molecule has 146 valence electrons. The fourth-order valence-corrected chi connectivity index (χ4v) is 5.30. The van der Waals surface area contributed by atoms with Crippen molar-refractivity contribution in [2.45, 2.75) is 43.8 Å². The van der Waals surface area contributed by atoms with E-state index in [1.807, 2.05) is 13.8 Å². The fourth-order valence-electron chi connectivity index (χ4n) is 3.66. The van der Waals surface area contributed by atoms with Crippen LogP contribution in [0.25, 0.3) is 0 Å². The lowest BCUT2D eigenvalue weighted by Crippen LogP contribution is -2.48. The van der Waals surface area contributed by atoms with Gasteiger partial charge < -0.3 is 9.64 Å². The van der Waals surface area contributed by atoms with Crippen LogP contribution in [0.1, 0.15) is 37.0 Å². The zero-order chi connectivity index (χ0) is 19.6. The lowest BCUT2D eigenvalue weighted by Gasteiger charge is -2.34. The first-order valence-corrected chi connectivity index (χ1v) is 10.7. The van der Waals surface area contributed by atoms with E-state index in [4.69, 9.17) is 10.00 Å². The molecule has 2 aliphatic heterocycles. The van der Waals surface area contributed by atoms with Crippen LogP contribution in [0.4, 0.5) is 0 Å². The third-order valence-corrected chi connectivity index (χ3v) is 6.90. The molecule has 0 aliphatic carbocycles. The Morgan fingerprint density at radius 1 is 1.19 bits per heavy atom. The summed E-state index contributed by atoms with van der Waals surface area (Å²) in [5.41, 5.74) is 0.362. The molecule has 3 rings (SSSR count). The van der Waals surface area contributed by atoms with E-state index in [0.717, 1.165) is 0 Å². The summed E-state index contributed by atoms with van der Waals surface area (Å²) in [5.74, 6) is -0.196. The minimum Gasteiger partial charge on any atom is -0.373 e. The van der Waals surface area contributed by atoms with E-state index >= 15 is 0 Å². The van der Waals surface area contributed by atoms with Gasteiger partial charge in [-0.25, -0.2) is 8.42 Å². The van der Waals surface area contributed by atoms with Crippen LogP contribution in [0.15, 0.2) is 29.2 Å². The molecule has 2 heterocycles. The zero-order valence-electron chi connectivity index (χ0n) is 15.7. The molecule has 7 nitrogen and oxygen atoms in total. The van der Waals surface area contributed by atoms with Crippen molar-refractivity contribution in [2.75, 3.05) is 26.2 Å². The molecule has 8 heteroatoms. The van der Waals surface area contributed by atoms with E-state index in [-0.39, 0.29) is 28.9 Å². The average molecular weight is 391 g/mol. The molecular formula is C19H25N3O4S. The molecular weight excluding hydrogens is 366 g/mol. The van der Waals surface area contributed by atoms with Gasteiger partial charge in [0.05, 0.1) is 23.2 Å². The Labute approximate surface area is 160 Å². The molecule has 2 atom stereocenters. The summed E-state index contributed by atoms with van der Waals surface area (Å²) in [6.45, 7) is 5.34. The molecule has 2 fully saturated rings. The fraction of sp³-hybridized carbons (Fsp3) is 0.579. The number of nitrogens with zero attached hydrogens (tertiary/aromatic N) is 3. The highest BCUT2D eigenvalue weighted by Gasteiger charge is 2.33. The Bertz CT molecular complexity index is 831. The highest BCUT2D eigenvalue weighted by molar-refractivity contribution is 7.89. The normalized spacial score (nSPS) is 25.1. The summed E-state index contributed by atoms with van der Waals surface area (Å²) in [4.78, 5) is 14.6. The molecule has 0 bridgehead atoms. The summed E-state index contributed by atoms with van der Waals surface area (Å²) in [5, 5.41) is 8.99. The molecule has 1 amide bonds. The van der Waals surface area contributed by atoms with Crippen LogP contribution in [0.5, 0.6) is 0 Å². The Hall–Kier alpha value is -1.95. The van der Waals surface area contributed by atoms with Crippen LogP contribution in [0, 0.1) is 17.2 Å². The number of piperidine rings is 1. The van der Waals surface area contributed by atoms with E-state index in [9.17, 15) is 13.2 Å². The second-order valence-electron chi connectivity index (χ2n) is 7.30. The number of benzene rings is 1. The number of rotatable bonds is 3. The van der Waals surface area contributed by atoms with Gasteiger partial charge in [0, 0.05) is 37.7 Å². The summed E-state index contributed by atoms with van der Waals surface area (Å²) < 4.78 is 33.1. The van der Waals surface area contributed by atoms with Gasteiger partial charge in [0.1, 0.15) is 0 Å². The maximum Gasteiger partial charge on any atom is 0.253 e. The zero-order valence-corrected chi connectivity index (χ0v) is 16.5. The molecule has 0 N–H and O–H groups in total. The number of ether oxygens (including phenoxy) is 1. The monoisotopic (exact) mass is 391 g/mol. The first-order valence-electron chi connectivity index (χ1n) is 9.26. The van der Waals surface area contributed by atoms with Crippen molar-refractivity contribution in [1.29, 1.82) is 5.26 Å². The Morgan fingerprint density at radius 2 is 1.81 bits per heavy atom. The molecule has 2 saturated heterocycles. The van der Waals surface area contributed by atoms with Gasteiger partial charge in [0.15, 0.2) is 0 Å². The summed E-state index contributed by atoms with van der Waals surface area (Å²) >= 11 is 0. The Balaban J connectivity index is 1.79. The molecule has 1 aromatic rings. The van der Waals surface area contributed by atoms with E-state index < -0.39 is 10.0 Å². The lowest BCUT2D eigenvalue weighted by molar-refractivity contribution is -0.0440. The summed E-state index contributed by atoms with van der Waals surface area (Å²) in [7, 11) is -3.69. The SMILES string of the molecule is CC1CN(S(=O)(=O)c2cccc(C(=O)N3CCC(C#N)CC3)c2)CC(C)O1. The van der Waals surface area contributed by atoms with Gasteiger partial charge in [0.2, 0.25) is 10.0 Å². The largest absolute Gasteiger partial charge is 0.373 e. The lowest BCUT2D eigenvalue weighted by atomic mass is 9.98. The second kappa shape index (κ2) is 7.97. The standard InChI is InChI=1S/C19H25N3O4S/c1-14-12-22(13-15(2)26-14)27(24,25)18-5-3-4-17(10-18)19(23)21-8-6-16(11-20)7-9-21/h3-5,10,14-16H,6-9,12-13H2,1-2H3. The number of carbonyl (C=O) groups is 1. The molecule has 0 radical (unpaired) electrons. The summed E-state index contributed by atoms with van der Waals surface area (Å²) in [6.07, 6.45) is 0.970. The van der Waals surface area contributed by atoms with Gasteiger partial charge in [-0.05, 0) is 44.9 Å². The van der Waals surface area contributed by atoms with Crippen LogP contribution in [-0.4, -0.2) is 61.9 Å². The van der Waals surface area contributed by atoms with Crippen LogP contribution in [0.3, 0.4) is 0 Å². The average Bonchev–Trinajstić information content (AvgIpc) is 2.67. The van der Waals surface area contributed by atoms with Gasteiger partial charge in [-0.2, -0.15) is 9.57 Å². The number of likely N-dealkylation sites (tertiary alicyclic amines) is 1. The highest BCUT2D eigenvalue weighted by Crippen LogP contribution is 2.23. The number of hydrogen-bond acceptors (Lipinski definition) is 5. The van der Waals surface area contributed by atoms with E-state index in [1.165, 1.54) is 16.4 Å². The number of sulfonamides is 1. The Morgan fingerprint density at radius 3 is 2.41 bits per heavy atom. The molecule has 0 aromatic heterocycles. The van der Waals surface area contributed by atoms with E-state index in [2.05, 4.69) is 6.07 Å². The van der Waals surface area contributed by atoms with Crippen molar-refractivity contribution >= 4 is 15.9 Å². The predicted octanol–water partition coefficient (Wildman–Crippen LogP) is 1.86. The van der Waals surface area contributed by atoms with Gasteiger partial charge in [-0.1, -0.05) is 6.07 Å². The quantitative estimate of drug-likeness (QED) is 0.784. The maximum absolute atomic E-state index is 13.0. The Kier molecular flexibility index (Phi) is 5.84. The summed E-state index contributed by atoms with van der Waals surface area (Å²) in [6, 6.07) is 8.47. The number of nitriles is 1. The molecule has 1 aromatic carbocycles. The number of amides is 1. The minimum absolute atomic E-state index is 0.00828. The molecule has 0 spiro atoms. The van der Waals surface area contributed by atoms with Crippen molar-refractivity contribution < 1.29 is 17.9 Å².